The zero-order valence-electron chi connectivity index (χ0n) is 18.5. The number of sulfonamides is 2. The molecule has 0 aromatic heterocycles. The van der Waals surface area contributed by atoms with Crippen LogP contribution in [-0.2, 0) is 29.6 Å². The number of carbonyl (C=O) groups is 1. The van der Waals surface area contributed by atoms with E-state index in [1.54, 1.807) is 30.3 Å². The number of amides is 1. The fraction of sp³-hybridized carbons (Fsp3) is 0.409. The Bertz CT molecular complexity index is 1130. The number of ether oxygens (including phenoxy) is 1. The van der Waals surface area contributed by atoms with Gasteiger partial charge in [-0.05, 0) is 49.2 Å². The average Bonchev–Trinajstić information content (AvgIpc) is 2.83. The van der Waals surface area contributed by atoms with Crippen molar-refractivity contribution in [2.24, 2.45) is 0 Å². The fourth-order valence-corrected chi connectivity index (χ4v) is 6.44. The smallest absolute Gasteiger partial charge is 0.243 e. The van der Waals surface area contributed by atoms with E-state index in [1.807, 2.05) is 0 Å². The number of rotatable bonds is 10. The number of nitrogens with one attached hydrogen (secondary N) is 1. The minimum atomic E-state index is -4.06. The first kappa shape index (κ1) is 25.3. The molecule has 1 aliphatic rings. The highest BCUT2D eigenvalue weighted by atomic mass is 32.2. The number of piperidine rings is 1. The van der Waals surface area contributed by atoms with Crippen molar-refractivity contribution < 1.29 is 26.4 Å². The van der Waals surface area contributed by atoms with Gasteiger partial charge >= 0.3 is 0 Å². The van der Waals surface area contributed by atoms with Gasteiger partial charge in [-0.15, -0.1) is 0 Å². The summed E-state index contributed by atoms with van der Waals surface area (Å²) < 4.78 is 59.6. The SMILES string of the molecule is COCCN(CC(=O)Nc1ccccc1)S(=O)(=O)c1ccc(S(=O)(=O)N2CCCCC2)cc1. The van der Waals surface area contributed by atoms with Crippen LogP contribution in [-0.4, -0.2) is 71.2 Å². The Labute approximate surface area is 195 Å². The molecule has 0 radical (unpaired) electrons. The number of anilines is 1. The Balaban J connectivity index is 1.78. The fourth-order valence-electron chi connectivity index (χ4n) is 3.55. The summed E-state index contributed by atoms with van der Waals surface area (Å²) in [6, 6.07) is 13.9. The first-order chi connectivity index (χ1) is 15.7. The number of para-hydroxylation sites is 1. The molecule has 1 amide bonds. The van der Waals surface area contributed by atoms with E-state index in [4.69, 9.17) is 4.74 Å². The van der Waals surface area contributed by atoms with Crippen molar-refractivity contribution in [3.8, 4) is 0 Å². The maximum absolute atomic E-state index is 13.2. The van der Waals surface area contributed by atoms with Gasteiger partial charge in [0.15, 0.2) is 0 Å². The highest BCUT2D eigenvalue weighted by Crippen LogP contribution is 2.23. The molecular weight excluding hydrogens is 466 g/mol. The predicted octanol–water partition coefficient (Wildman–Crippen LogP) is 2.14. The first-order valence-corrected chi connectivity index (χ1v) is 13.6. The molecule has 1 fully saturated rings. The van der Waals surface area contributed by atoms with Gasteiger partial charge in [0.05, 0.1) is 22.9 Å². The molecule has 9 nitrogen and oxygen atoms in total. The lowest BCUT2D eigenvalue weighted by Gasteiger charge is -2.26. The lowest BCUT2D eigenvalue weighted by Crippen LogP contribution is -2.40. The number of benzene rings is 2. The molecule has 0 saturated carbocycles. The van der Waals surface area contributed by atoms with E-state index in [0.29, 0.717) is 18.8 Å². The van der Waals surface area contributed by atoms with Crippen LogP contribution in [0.2, 0.25) is 0 Å². The van der Waals surface area contributed by atoms with Crippen LogP contribution in [0.15, 0.2) is 64.4 Å². The number of methoxy groups -OCH3 is 1. The third-order valence-electron chi connectivity index (χ3n) is 5.34. The van der Waals surface area contributed by atoms with Gasteiger partial charge < -0.3 is 10.1 Å². The molecule has 2 aromatic carbocycles. The molecule has 1 N–H and O–H groups in total. The number of nitrogens with zero attached hydrogens (tertiary/aromatic N) is 2. The van der Waals surface area contributed by atoms with Crippen LogP contribution in [0.1, 0.15) is 19.3 Å². The quantitative estimate of drug-likeness (QED) is 0.540. The monoisotopic (exact) mass is 495 g/mol. The summed E-state index contributed by atoms with van der Waals surface area (Å²) in [5, 5.41) is 2.67. The summed E-state index contributed by atoms with van der Waals surface area (Å²) in [5.41, 5.74) is 0.555. The van der Waals surface area contributed by atoms with Crippen LogP contribution < -0.4 is 5.32 Å². The van der Waals surface area contributed by atoms with Crippen molar-refractivity contribution in [3.05, 3.63) is 54.6 Å². The molecule has 1 saturated heterocycles. The maximum Gasteiger partial charge on any atom is 0.243 e. The van der Waals surface area contributed by atoms with Crippen molar-refractivity contribution >= 4 is 31.6 Å². The van der Waals surface area contributed by atoms with Crippen molar-refractivity contribution in [1.82, 2.24) is 8.61 Å². The Morgan fingerprint density at radius 3 is 2.15 bits per heavy atom. The van der Waals surface area contributed by atoms with Crippen LogP contribution in [0.5, 0.6) is 0 Å². The Kier molecular flexibility index (Phi) is 8.60. The molecule has 0 spiro atoms. The van der Waals surface area contributed by atoms with Gasteiger partial charge in [0.1, 0.15) is 0 Å². The van der Waals surface area contributed by atoms with Crippen LogP contribution >= 0.6 is 0 Å². The van der Waals surface area contributed by atoms with Crippen molar-refractivity contribution in [2.75, 3.05) is 45.2 Å². The largest absolute Gasteiger partial charge is 0.383 e. The summed E-state index contributed by atoms with van der Waals surface area (Å²) in [6.45, 7) is 0.579. The molecule has 3 rings (SSSR count). The predicted molar refractivity (Wildman–Crippen MR) is 125 cm³/mol. The van der Waals surface area contributed by atoms with E-state index in [1.165, 1.54) is 35.7 Å². The average molecular weight is 496 g/mol. The van der Waals surface area contributed by atoms with E-state index in [-0.39, 0.29) is 22.9 Å². The van der Waals surface area contributed by atoms with Crippen molar-refractivity contribution in [3.63, 3.8) is 0 Å². The molecule has 0 bridgehead atoms. The van der Waals surface area contributed by atoms with E-state index in [0.717, 1.165) is 23.6 Å². The van der Waals surface area contributed by atoms with Crippen LogP contribution in [0.25, 0.3) is 0 Å². The first-order valence-electron chi connectivity index (χ1n) is 10.7. The number of hydrogen-bond donors (Lipinski definition) is 1. The highest BCUT2D eigenvalue weighted by Gasteiger charge is 2.29. The molecule has 0 atom stereocenters. The molecule has 33 heavy (non-hydrogen) atoms. The number of hydrogen-bond acceptors (Lipinski definition) is 6. The topological polar surface area (TPSA) is 113 Å². The van der Waals surface area contributed by atoms with E-state index in [9.17, 15) is 21.6 Å². The summed E-state index contributed by atoms with van der Waals surface area (Å²) in [4.78, 5) is 12.4. The van der Waals surface area contributed by atoms with Crippen LogP contribution in [0, 0.1) is 0 Å². The van der Waals surface area contributed by atoms with Gasteiger partial charge in [-0.25, -0.2) is 16.8 Å². The standard InChI is InChI=1S/C22H29N3O6S2/c1-31-17-16-25(18-22(26)23-19-8-4-2-5-9-19)33(29,30)21-12-10-20(11-13-21)32(27,28)24-14-6-3-7-15-24/h2,4-5,8-13H,3,6-7,14-18H2,1H3,(H,23,26). The molecule has 180 valence electrons. The summed E-state index contributed by atoms with van der Waals surface area (Å²) >= 11 is 0. The van der Waals surface area contributed by atoms with E-state index in [2.05, 4.69) is 5.32 Å². The molecule has 0 unspecified atom stereocenters. The van der Waals surface area contributed by atoms with Crippen molar-refractivity contribution in [2.45, 2.75) is 29.1 Å². The lowest BCUT2D eigenvalue weighted by molar-refractivity contribution is -0.116. The Hall–Kier alpha value is -2.31. The summed E-state index contributed by atoms with van der Waals surface area (Å²) in [5.74, 6) is -0.495. The minimum Gasteiger partial charge on any atom is -0.383 e. The third-order valence-corrected chi connectivity index (χ3v) is 9.11. The third kappa shape index (κ3) is 6.39. The maximum atomic E-state index is 13.2. The van der Waals surface area contributed by atoms with Crippen LogP contribution in [0.4, 0.5) is 5.69 Å². The van der Waals surface area contributed by atoms with E-state index < -0.39 is 32.5 Å². The lowest BCUT2D eigenvalue weighted by atomic mass is 10.2. The molecule has 2 aromatic rings. The Morgan fingerprint density at radius 2 is 1.55 bits per heavy atom. The van der Waals surface area contributed by atoms with Gasteiger partial charge in [0.2, 0.25) is 26.0 Å². The second-order valence-corrected chi connectivity index (χ2v) is 11.6. The zero-order chi connectivity index (χ0) is 23.9. The van der Waals surface area contributed by atoms with Gasteiger partial charge in [-0.2, -0.15) is 8.61 Å². The molecule has 1 heterocycles. The molecule has 1 aliphatic heterocycles. The summed E-state index contributed by atoms with van der Waals surface area (Å²) in [6.07, 6.45) is 2.62. The molecule has 0 aliphatic carbocycles. The molecule has 11 heteroatoms. The van der Waals surface area contributed by atoms with Gasteiger partial charge in [0, 0.05) is 32.4 Å². The van der Waals surface area contributed by atoms with E-state index >= 15 is 0 Å². The normalized spacial score (nSPS) is 15.5. The van der Waals surface area contributed by atoms with Gasteiger partial charge in [0.25, 0.3) is 0 Å². The van der Waals surface area contributed by atoms with Crippen LogP contribution in [0.3, 0.4) is 0 Å². The zero-order valence-corrected chi connectivity index (χ0v) is 20.1. The van der Waals surface area contributed by atoms with Crippen molar-refractivity contribution in [1.29, 1.82) is 0 Å². The van der Waals surface area contributed by atoms with Gasteiger partial charge in [-0.3, -0.25) is 4.79 Å². The Morgan fingerprint density at radius 1 is 0.939 bits per heavy atom. The second kappa shape index (κ2) is 11.2. The second-order valence-electron chi connectivity index (χ2n) is 7.68. The minimum absolute atomic E-state index is 0.0329. The summed E-state index contributed by atoms with van der Waals surface area (Å²) in [7, 11) is -6.30. The molecular formula is C22H29N3O6S2. The number of carbonyl (C=O) groups excluding carboxylic acids is 1. The van der Waals surface area contributed by atoms with Gasteiger partial charge in [-0.1, -0.05) is 24.6 Å². The highest BCUT2D eigenvalue weighted by molar-refractivity contribution is 7.89.